The van der Waals surface area contributed by atoms with E-state index in [0.717, 1.165) is 5.56 Å². The molecule has 2 rings (SSSR count). The third kappa shape index (κ3) is 4.11. The minimum absolute atomic E-state index is 0.124. The van der Waals surface area contributed by atoms with E-state index in [1.165, 1.54) is 17.3 Å². The average molecular weight is 309 g/mol. The Bertz CT molecular complexity index is 740. The van der Waals surface area contributed by atoms with E-state index in [4.69, 9.17) is 5.26 Å². The zero-order valence-corrected chi connectivity index (χ0v) is 12.2. The lowest BCUT2D eigenvalue weighted by molar-refractivity contribution is -0.255. The number of hydrogen-bond donors (Lipinski definition) is 0. The molecule has 1 aromatic carbocycles. The summed E-state index contributed by atoms with van der Waals surface area (Å²) >= 11 is 0. The summed E-state index contributed by atoms with van der Waals surface area (Å²) in [6.45, 7) is 0.401. The number of carboxylic acids is 1. The number of benzene rings is 1. The molecule has 0 spiro atoms. The van der Waals surface area contributed by atoms with Crippen LogP contribution in [-0.2, 0) is 6.54 Å². The first-order valence-electron chi connectivity index (χ1n) is 6.86. The van der Waals surface area contributed by atoms with Crippen LogP contribution in [-0.4, -0.2) is 33.3 Å². The summed E-state index contributed by atoms with van der Waals surface area (Å²) in [6.07, 6.45) is 2.54. The number of carboxylic acid groups (broad SMARTS) is 1. The molecule has 0 unspecified atom stereocenters. The van der Waals surface area contributed by atoms with Crippen molar-refractivity contribution in [3.05, 3.63) is 59.7 Å². The normalized spacial score (nSPS) is 9.87. The smallest absolute Gasteiger partial charge is 0.275 e. The van der Waals surface area contributed by atoms with Gasteiger partial charge in [-0.1, -0.05) is 30.3 Å². The van der Waals surface area contributed by atoms with E-state index < -0.39 is 17.6 Å². The van der Waals surface area contributed by atoms with Crippen LogP contribution in [0.1, 0.15) is 33.0 Å². The Morgan fingerprint density at radius 3 is 2.39 bits per heavy atom. The highest BCUT2D eigenvalue weighted by Gasteiger charge is 2.21. The molecule has 0 bridgehead atoms. The van der Waals surface area contributed by atoms with Crippen molar-refractivity contribution in [1.82, 2.24) is 14.9 Å². The van der Waals surface area contributed by atoms with Crippen LogP contribution in [0.15, 0.2) is 42.7 Å². The quantitative estimate of drug-likeness (QED) is 0.763. The summed E-state index contributed by atoms with van der Waals surface area (Å²) in [7, 11) is 0. The molecule has 116 valence electrons. The highest BCUT2D eigenvalue weighted by atomic mass is 16.4. The molecule has 1 amide bonds. The Hall–Kier alpha value is -3.27. The van der Waals surface area contributed by atoms with Crippen molar-refractivity contribution in [3.63, 3.8) is 0 Å². The number of nitrogens with zero attached hydrogens (tertiary/aromatic N) is 4. The molecular formula is C16H13N4O3-. The van der Waals surface area contributed by atoms with Gasteiger partial charge in [-0.05, 0) is 5.56 Å². The topological polar surface area (TPSA) is 110 Å². The number of carbonyl (C=O) groups excluding carboxylic acids is 2. The van der Waals surface area contributed by atoms with E-state index in [9.17, 15) is 14.7 Å². The van der Waals surface area contributed by atoms with Gasteiger partial charge in [-0.25, -0.2) is 4.98 Å². The second kappa shape index (κ2) is 7.66. The molecule has 23 heavy (non-hydrogen) atoms. The van der Waals surface area contributed by atoms with Gasteiger partial charge in [0.15, 0.2) is 5.69 Å². The minimum Gasteiger partial charge on any atom is -0.543 e. The first kappa shape index (κ1) is 16.1. The number of hydrogen-bond acceptors (Lipinski definition) is 6. The first-order chi connectivity index (χ1) is 11.1. The van der Waals surface area contributed by atoms with Crippen LogP contribution in [0.5, 0.6) is 0 Å². The standard InChI is InChI=1S/C16H14N4O3/c17-7-4-10-20(11-12-5-2-1-3-6-12)15(21)13-14(16(22)23)19-9-8-18-13/h1-3,5-6,8-9H,4,10-11H2,(H,22,23)/p-1. The summed E-state index contributed by atoms with van der Waals surface area (Å²) in [5.41, 5.74) is 0.0616. The van der Waals surface area contributed by atoms with E-state index in [1.54, 1.807) is 0 Å². The fourth-order valence-corrected chi connectivity index (χ4v) is 2.03. The summed E-state index contributed by atoms with van der Waals surface area (Å²) in [4.78, 5) is 32.5. The fraction of sp³-hybridized carbons (Fsp3) is 0.188. The molecule has 2 aromatic rings. The monoisotopic (exact) mass is 309 g/mol. The molecule has 0 fully saturated rings. The molecule has 0 saturated heterocycles. The summed E-state index contributed by atoms with van der Waals surface area (Å²) < 4.78 is 0. The highest BCUT2D eigenvalue weighted by Crippen LogP contribution is 2.11. The van der Waals surface area contributed by atoms with E-state index in [1.807, 2.05) is 36.4 Å². The van der Waals surface area contributed by atoms with Crippen LogP contribution >= 0.6 is 0 Å². The van der Waals surface area contributed by atoms with Gasteiger partial charge in [0.05, 0.1) is 18.5 Å². The Morgan fingerprint density at radius 1 is 1.13 bits per heavy atom. The van der Waals surface area contributed by atoms with E-state index in [2.05, 4.69) is 9.97 Å². The van der Waals surface area contributed by atoms with Crippen molar-refractivity contribution in [2.45, 2.75) is 13.0 Å². The first-order valence-corrected chi connectivity index (χ1v) is 6.86. The van der Waals surface area contributed by atoms with Crippen LogP contribution in [0, 0.1) is 11.3 Å². The zero-order valence-electron chi connectivity index (χ0n) is 12.2. The summed E-state index contributed by atoms with van der Waals surface area (Å²) in [5, 5.41) is 19.8. The van der Waals surface area contributed by atoms with E-state index in [-0.39, 0.29) is 25.2 Å². The molecule has 0 N–H and O–H groups in total. The molecule has 0 radical (unpaired) electrons. The zero-order chi connectivity index (χ0) is 16.7. The van der Waals surface area contributed by atoms with Crippen LogP contribution in [0.4, 0.5) is 0 Å². The summed E-state index contributed by atoms with van der Waals surface area (Å²) in [5.74, 6) is -2.17. The second-order valence-corrected chi connectivity index (χ2v) is 4.66. The molecular weight excluding hydrogens is 296 g/mol. The maximum atomic E-state index is 12.6. The molecule has 7 nitrogen and oxygen atoms in total. The number of aromatic carboxylic acids is 1. The molecule has 0 aliphatic heterocycles. The van der Waals surface area contributed by atoms with Crippen molar-refractivity contribution in [2.24, 2.45) is 0 Å². The lowest BCUT2D eigenvalue weighted by Crippen LogP contribution is -2.35. The molecule has 1 heterocycles. The summed E-state index contributed by atoms with van der Waals surface area (Å²) in [6, 6.07) is 11.2. The Labute approximate surface area is 132 Å². The Morgan fingerprint density at radius 2 is 1.78 bits per heavy atom. The van der Waals surface area contributed by atoms with Crippen molar-refractivity contribution in [2.75, 3.05) is 6.54 Å². The number of aromatic nitrogens is 2. The van der Waals surface area contributed by atoms with E-state index in [0.29, 0.717) is 0 Å². The van der Waals surface area contributed by atoms with Crippen LogP contribution < -0.4 is 5.11 Å². The van der Waals surface area contributed by atoms with Gasteiger partial charge in [0, 0.05) is 25.5 Å². The van der Waals surface area contributed by atoms with Gasteiger partial charge in [-0.2, -0.15) is 5.26 Å². The second-order valence-electron chi connectivity index (χ2n) is 4.66. The molecule has 7 heteroatoms. The van der Waals surface area contributed by atoms with Crippen molar-refractivity contribution in [3.8, 4) is 6.07 Å². The lowest BCUT2D eigenvalue weighted by atomic mass is 10.2. The average Bonchev–Trinajstić information content (AvgIpc) is 2.58. The SMILES string of the molecule is N#CCCN(Cc1ccccc1)C(=O)c1nccnc1C(=O)[O-]. The van der Waals surface area contributed by atoms with Crippen molar-refractivity contribution < 1.29 is 14.7 Å². The third-order valence-electron chi connectivity index (χ3n) is 3.09. The van der Waals surface area contributed by atoms with Crippen molar-refractivity contribution in [1.29, 1.82) is 5.26 Å². The molecule has 0 aliphatic rings. The maximum absolute atomic E-state index is 12.6. The molecule has 1 aromatic heterocycles. The largest absolute Gasteiger partial charge is 0.543 e. The van der Waals surface area contributed by atoms with Gasteiger partial charge in [0.1, 0.15) is 5.69 Å². The Balaban J connectivity index is 2.30. The third-order valence-corrected chi connectivity index (χ3v) is 3.09. The predicted molar refractivity (Wildman–Crippen MR) is 77.8 cm³/mol. The highest BCUT2D eigenvalue weighted by molar-refractivity contribution is 6.01. The Kier molecular flexibility index (Phi) is 5.36. The number of rotatable bonds is 6. The molecule has 0 saturated carbocycles. The lowest BCUT2D eigenvalue weighted by Gasteiger charge is -2.22. The number of amides is 1. The van der Waals surface area contributed by atoms with Gasteiger partial charge < -0.3 is 14.8 Å². The number of nitriles is 1. The van der Waals surface area contributed by atoms with Crippen LogP contribution in [0.25, 0.3) is 0 Å². The maximum Gasteiger partial charge on any atom is 0.275 e. The van der Waals surface area contributed by atoms with E-state index >= 15 is 0 Å². The van der Waals surface area contributed by atoms with Gasteiger partial charge in [0.25, 0.3) is 5.91 Å². The van der Waals surface area contributed by atoms with Gasteiger partial charge >= 0.3 is 0 Å². The van der Waals surface area contributed by atoms with Gasteiger partial charge in [-0.15, -0.1) is 0 Å². The molecule has 0 atom stereocenters. The molecule has 0 aliphatic carbocycles. The predicted octanol–water partition coefficient (Wildman–Crippen LogP) is 0.396. The van der Waals surface area contributed by atoms with Gasteiger partial charge in [0.2, 0.25) is 0 Å². The fourth-order valence-electron chi connectivity index (χ4n) is 2.03. The van der Waals surface area contributed by atoms with Crippen LogP contribution in [0.3, 0.4) is 0 Å². The minimum atomic E-state index is -1.57. The van der Waals surface area contributed by atoms with Gasteiger partial charge in [-0.3, -0.25) is 9.78 Å². The van der Waals surface area contributed by atoms with Crippen LogP contribution in [0.2, 0.25) is 0 Å². The number of carbonyl (C=O) groups is 2. The van der Waals surface area contributed by atoms with Crippen molar-refractivity contribution >= 4 is 11.9 Å².